The quantitative estimate of drug-likeness (QED) is 0.379. The van der Waals surface area contributed by atoms with E-state index in [-0.39, 0.29) is 35.3 Å². The predicted octanol–water partition coefficient (Wildman–Crippen LogP) is 1.82. The molecule has 2 aromatic carbocycles. The minimum absolute atomic E-state index is 0. The van der Waals surface area contributed by atoms with Crippen molar-refractivity contribution in [2.75, 3.05) is 11.9 Å². The Bertz CT molecular complexity index is 911. The van der Waals surface area contributed by atoms with Crippen molar-refractivity contribution in [2.24, 2.45) is 0 Å². The molecule has 3 rings (SSSR count). The highest BCUT2D eigenvalue weighted by Gasteiger charge is 2.42. The molecule has 140 valence electrons. The Balaban J connectivity index is 0.00000261. The molecule has 1 aliphatic rings. The van der Waals surface area contributed by atoms with Gasteiger partial charge in [-0.2, -0.15) is 4.58 Å². The molecule has 0 saturated heterocycles. The molecule has 2 aromatic rings. The second-order valence-electron chi connectivity index (χ2n) is 7.01. The number of halogens is 1. The summed E-state index contributed by atoms with van der Waals surface area (Å²) in [5, 5.41) is 0. The van der Waals surface area contributed by atoms with Crippen LogP contribution in [0, 0.1) is 0 Å². The number of benzene rings is 2. The highest BCUT2D eigenvalue weighted by atomic mass is 127. The molecule has 0 aliphatic carbocycles. The minimum atomic E-state index is -0.0463. The Kier molecular flexibility index (Phi) is 6.76. The lowest BCUT2D eigenvalue weighted by atomic mass is 9.81. The predicted molar refractivity (Wildman–Crippen MR) is 108 cm³/mol. The Morgan fingerprint density at radius 1 is 1.00 bits per heavy atom. The number of carbonyl (C=O) groups excluding carboxylic acids is 1. The number of allylic oxidation sites excluding steroid dienone is 3. The summed E-state index contributed by atoms with van der Waals surface area (Å²) in [6.07, 6.45) is 7.84. The molecular formula is C23H25IN2O. The van der Waals surface area contributed by atoms with Crippen LogP contribution in [0.25, 0.3) is 0 Å². The van der Waals surface area contributed by atoms with Gasteiger partial charge in [0.15, 0.2) is 5.71 Å². The van der Waals surface area contributed by atoms with Crippen LogP contribution in [0.2, 0.25) is 0 Å². The topological polar surface area (TPSA) is 23.3 Å². The molecule has 1 amide bonds. The first-order valence-corrected chi connectivity index (χ1v) is 8.83. The van der Waals surface area contributed by atoms with Crippen LogP contribution in [-0.4, -0.2) is 23.2 Å². The number of hydrogen-bond donors (Lipinski definition) is 0. The fourth-order valence-electron chi connectivity index (χ4n) is 3.55. The van der Waals surface area contributed by atoms with Crippen LogP contribution >= 0.6 is 0 Å². The summed E-state index contributed by atoms with van der Waals surface area (Å²) >= 11 is 0. The van der Waals surface area contributed by atoms with E-state index < -0.39 is 0 Å². The van der Waals surface area contributed by atoms with E-state index in [1.54, 1.807) is 11.8 Å². The number of fused-ring (bicyclic) bond motifs is 1. The van der Waals surface area contributed by atoms with Gasteiger partial charge in [-0.1, -0.05) is 42.5 Å². The fraction of sp³-hybridized carbons (Fsp3) is 0.217. The second kappa shape index (κ2) is 8.65. The van der Waals surface area contributed by atoms with Crippen LogP contribution < -0.4 is 28.9 Å². The third-order valence-corrected chi connectivity index (χ3v) is 4.91. The van der Waals surface area contributed by atoms with Crippen molar-refractivity contribution in [3.63, 3.8) is 0 Å². The summed E-state index contributed by atoms with van der Waals surface area (Å²) in [6.45, 7) is 6.05. The number of para-hydroxylation sites is 2. The van der Waals surface area contributed by atoms with Gasteiger partial charge in [-0.25, -0.2) is 0 Å². The van der Waals surface area contributed by atoms with Gasteiger partial charge < -0.3 is 24.0 Å². The number of hydrogen-bond acceptors (Lipinski definition) is 1. The molecule has 0 atom stereocenters. The smallest absolute Gasteiger partial charge is 0.227 e. The molecule has 1 aliphatic heterocycles. The van der Waals surface area contributed by atoms with Gasteiger partial charge in [-0.15, -0.1) is 0 Å². The van der Waals surface area contributed by atoms with Crippen molar-refractivity contribution in [3.8, 4) is 0 Å². The number of rotatable bonds is 4. The summed E-state index contributed by atoms with van der Waals surface area (Å²) in [6, 6.07) is 18.2. The van der Waals surface area contributed by atoms with Gasteiger partial charge in [0, 0.05) is 36.5 Å². The molecule has 27 heavy (non-hydrogen) atoms. The largest absolute Gasteiger partial charge is 1.00 e. The van der Waals surface area contributed by atoms with Crippen molar-refractivity contribution in [3.05, 3.63) is 84.6 Å². The van der Waals surface area contributed by atoms with E-state index in [1.807, 2.05) is 48.7 Å². The zero-order chi connectivity index (χ0) is 18.7. The van der Waals surface area contributed by atoms with Crippen LogP contribution in [0.3, 0.4) is 0 Å². The highest BCUT2D eigenvalue weighted by molar-refractivity contribution is 6.03. The molecule has 0 spiro atoms. The van der Waals surface area contributed by atoms with Gasteiger partial charge in [-0.05, 0) is 32.1 Å². The van der Waals surface area contributed by atoms with Crippen LogP contribution in [0.15, 0.2) is 79.0 Å². The van der Waals surface area contributed by atoms with E-state index in [0.29, 0.717) is 0 Å². The normalized spacial score (nSPS) is 15.1. The molecule has 0 radical (unpaired) electrons. The Morgan fingerprint density at radius 2 is 1.63 bits per heavy atom. The Morgan fingerprint density at radius 3 is 2.26 bits per heavy atom. The van der Waals surface area contributed by atoms with Gasteiger partial charge in [0.2, 0.25) is 11.6 Å². The van der Waals surface area contributed by atoms with Crippen molar-refractivity contribution in [1.29, 1.82) is 0 Å². The Labute approximate surface area is 178 Å². The summed E-state index contributed by atoms with van der Waals surface area (Å²) in [5.41, 5.74) is 4.63. The van der Waals surface area contributed by atoms with Crippen LogP contribution in [0.1, 0.15) is 26.3 Å². The molecular weight excluding hydrogens is 447 g/mol. The summed E-state index contributed by atoms with van der Waals surface area (Å²) in [4.78, 5) is 13.6. The second-order valence-corrected chi connectivity index (χ2v) is 7.01. The van der Waals surface area contributed by atoms with Gasteiger partial charge in [0.25, 0.3) is 0 Å². The molecule has 0 fully saturated rings. The first kappa shape index (κ1) is 21.1. The Hall–Kier alpha value is -2.21. The van der Waals surface area contributed by atoms with Gasteiger partial charge in [0.1, 0.15) is 7.05 Å². The average Bonchev–Trinajstić information content (AvgIpc) is 2.83. The minimum Gasteiger partial charge on any atom is -1.00 e. The van der Waals surface area contributed by atoms with Gasteiger partial charge in [0.05, 0.1) is 5.41 Å². The molecule has 0 N–H and O–H groups in total. The monoisotopic (exact) mass is 472 g/mol. The fourth-order valence-corrected chi connectivity index (χ4v) is 3.55. The van der Waals surface area contributed by atoms with E-state index in [2.05, 4.69) is 55.8 Å². The van der Waals surface area contributed by atoms with Crippen LogP contribution in [0.4, 0.5) is 11.4 Å². The molecule has 0 unspecified atom stereocenters. The lowest BCUT2D eigenvalue weighted by molar-refractivity contribution is -0.401. The zero-order valence-corrected chi connectivity index (χ0v) is 18.3. The summed E-state index contributed by atoms with van der Waals surface area (Å²) in [5.74, 6) is -0.0146. The van der Waals surface area contributed by atoms with E-state index in [9.17, 15) is 4.79 Å². The molecule has 0 saturated carbocycles. The lowest BCUT2D eigenvalue weighted by Gasteiger charge is -2.16. The van der Waals surface area contributed by atoms with E-state index >= 15 is 0 Å². The van der Waals surface area contributed by atoms with Crippen molar-refractivity contribution < 1.29 is 33.3 Å². The van der Waals surface area contributed by atoms with E-state index in [4.69, 9.17) is 0 Å². The number of amides is 1. The first-order valence-electron chi connectivity index (χ1n) is 8.83. The SMILES string of the molecule is CC(=O)N(C=CC=CC1=[N+](C)c2ccccc2C1(C)C)c1ccccc1.[I-]. The maximum absolute atomic E-state index is 11.9. The molecule has 0 bridgehead atoms. The molecule has 4 heteroatoms. The number of carbonyl (C=O) groups is 1. The van der Waals surface area contributed by atoms with Crippen LogP contribution in [0.5, 0.6) is 0 Å². The van der Waals surface area contributed by atoms with Crippen molar-refractivity contribution >= 4 is 23.0 Å². The molecule has 0 aromatic heterocycles. The van der Waals surface area contributed by atoms with Gasteiger partial charge in [-0.3, -0.25) is 9.69 Å². The van der Waals surface area contributed by atoms with E-state index in [1.165, 1.54) is 17.0 Å². The maximum atomic E-state index is 11.9. The number of anilines is 1. The summed E-state index contributed by atoms with van der Waals surface area (Å²) in [7, 11) is 2.10. The lowest BCUT2D eigenvalue weighted by Crippen LogP contribution is -3.00. The third-order valence-electron chi connectivity index (χ3n) is 4.91. The standard InChI is InChI=1S/C23H25N2O.HI/c1-18(26)25(19-12-6-5-7-13-19)17-11-10-16-22-23(2,3)20-14-8-9-15-21(20)24(22)4;/h5-17H,1-4H3;1H/q+1;/p-1. The molecule has 1 heterocycles. The van der Waals surface area contributed by atoms with E-state index in [0.717, 1.165) is 5.69 Å². The summed E-state index contributed by atoms with van der Waals surface area (Å²) < 4.78 is 2.24. The highest BCUT2D eigenvalue weighted by Crippen LogP contribution is 2.38. The van der Waals surface area contributed by atoms with Crippen LogP contribution in [-0.2, 0) is 10.2 Å². The van der Waals surface area contributed by atoms with Crippen molar-refractivity contribution in [2.45, 2.75) is 26.2 Å². The first-order chi connectivity index (χ1) is 12.4. The molecule has 3 nitrogen and oxygen atoms in total. The number of nitrogens with zero attached hydrogens (tertiary/aromatic N) is 2. The van der Waals surface area contributed by atoms with Crippen molar-refractivity contribution in [1.82, 2.24) is 0 Å². The third kappa shape index (κ3) is 4.21. The maximum Gasteiger partial charge on any atom is 0.227 e. The average molecular weight is 472 g/mol. The van der Waals surface area contributed by atoms with Gasteiger partial charge >= 0.3 is 0 Å². The zero-order valence-electron chi connectivity index (χ0n) is 16.2.